The van der Waals surface area contributed by atoms with E-state index in [9.17, 15) is 4.79 Å². The highest BCUT2D eigenvalue weighted by Gasteiger charge is 2.33. The van der Waals surface area contributed by atoms with Crippen LogP contribution in [0.5, 0.6) is 11.5 Å². The lowest BCUT2D eigenvalue weighted by atomic mass is 9.99. The van der Waals surface area contributed by atoms with Crippen LogP contribution < -0.4 is 14.8 Å². The van der Waals surface area contributed by atoms with E-state index in [0.29, 0.717) is 11.6 Å². The van der Waals surface area contributed by atoms with Gasteiger partial charge in [-0.1, -0.05) is 54.6 Å². The maximum atomic E-state index is 12.7. The van der Waals surface area contributed by atoms with Crippen LogP contribution in [0, 0.1) is 0 Å². The van der Waals surface area contributed by atoms with Crippen LogP contribution >= 0.6 is 11.8 Å². The summed E-state index contributed by atoms with van der Waals surface area (Å²) >= 11 is 1.59. The number of hydrogen-bond acceptors (Lipinski definition) is 5. The molecule has 3 aromatic carbocycles. The Hall–Kier alpha value is -3.71. The van der Waals surface area contributed by atoms with Crippen LogP contribution in [-0.2, 0) is 4.79 Å². The highest BCUT2D eigenvalue weighted by atomic mass is 32.2. The minimum atomic E-state index is -0.105. The van der Waals surface area contributed by atoms with Gasteiger partial charge in [-0.05, 0) is 29.8 Å². The third-order valence-electron chi connectivity index (χ3n) is 5.57. The lowest BCUT2D eigenvalue weighted by Crippen LogP contribution is -2.15. The van der Waals surface area contributed by atoms with Crippen molar-refractivity contribution in [2.45, 2.75) is 5.25 Å². The van der Waals surface area contributed by atoms with Crippen LogP contribution in [0.4, 0.5) is 5.82 Å². The van der Waals surface area contributed by atoms with Gasteiger partial charge in [0.05, 0.1) is 22.4 Å². The number of rotatable bonds is 3. The second kappa shape index (κ2) is 7.76. The Bertz CT molecular complexity index is 1310. The monoisotopic (exact) mass is 441 g/mol. The SMILES string of the molecule is O=C1CSC(c2ccc3c(c2)OCO3)c2c(-c3ccccc3)nn(-c3ccccc3)c2N1. The van der Waals surface area contributed by atoms with Crippen molar-refractivity contribution in [3.63, 3.8) is 0 Å². The largest absolute Gasteiger partial charge is 0.454 e. The molecule has 1 unspecified atom stereocenters. The summed E-state index contributed by atoms with van der Waals surface area (Å²) in [6.07, 6.45) is 0. The van der Waals surface area contributed by atoms with Crippen LogP contribution in [-0.4, -0.2) is 28.2 Å². The number of thioether (sulfide) groups is 1. The van der Waals surface area contributed by atoms with Gasteiger partial charge in [-0.2, -0.15) is 5.10 Å². The number of ether oxygens (including phenoxy) is 2. The molecule has 4 aromatic rings. The molecule has 0 saturated carbocycles. The van der Waals surface area contributed by atoms with Gasteiger partial charge in [0, 0.05) is 11.1 Å². The van der Waals surface area contributed by atoms with E-state index in [1.807, 2.05) is 83.5 Å². The summed E-state index contributed by atoms with van der Waals surface area (Å²) in [5, 5.41) is 8.00. The summed E-state index contributed by atoms with van der Waals surface area (Å²) in [6.45, 7) is 0.225. The summed E-state index contributed by atoms with van der Waals surface area (Å²) in [6, 6.07) is 25.9. The molecule has 1 aromatic heterocycles. The molecule has 6 rings (SSSR count). The Morgan fingerprint density at radius 3 is 2.50 bits per heavy atom. The third-order valence-corrected chi connectivity index (χ3v) is 6.84. The first-order valence-corrected chi connectivity index (χ1v) is 11.4. The van der Waals surface area contributed by atoms with Crippen molar-refractivity contribution in [3.8, 4) is 28.4 Å². The highest BCUT2D eigenvalue weighted by Crippen LogP contribution is 2.48. The molecule has 1 atom stereocenters. The Labute approximate surface area is 189 Å². The number of carbonyl (C=O) groups is 1. The predicted molar refractivity (Wildman–Crippen MR) is 124 cm³/mol. The zero-order chi connectivity index (χ0) is 21.5. The second-order valence-corrected chi connectivity index (χ2v) is 8.67. The van der Waals surface area contributed by atoms with E-state index < -0.39 is 0 Å². The van der Waals surface area contributed by atoms with Gasteiger partial charge in [0.15, 0.2) is 11.5 Å². The number of fused-ring (bicyclic) bond motifs is 2. The van der Waals surface area contributed by atoms with Gasteiger partial charge in [0.2, 0.25) is 12.7 Å². The number of anilines is 1. The van der Waals surface area contributed by atoms with Gasteiger partial charge in [-0.3, -0.25) is 4.79 Å². The van der Waals surface area contributed by atoms with Gasteiger partial charge in [0.1, 0.15) is 5.82 Å². The normalized spacial score (nSPS) is 16.9. The van der Waals surface area contributed by atoms with E-state index in [4.69, 9.17) is 14.6 Å². The fourth-order valence-electron chi connectivity index (χ4n) is 4.11. The van der Waals surface area contributed by atoms with Gasteiger partial charge in [-0.15, -0.1) is 11.8 Å². The molecule has 0 radical (unpaired) electrons. The summed E-state index contributed by atoms with van der Waals surface area (Å²) in [5.74, 6) is 2.47. The summed E-state index contributed by atoms with van der Waals surface area (Å²) in [7, 11) is 0. The van der Waals surface area contributed by atoms with E-state index in [0.717, 1.165) is 39.6 Å². The smallest absolute Gasteiger partial charge is 0.235 e. The molecule has 1 N–H and O–H groups in total. The molecule has 7 heteroatoms. The van der Waals surface area contributed by atoms with E-state index >= 15 is 0 Å². The molecular formula is C25H19N3O3S. The van der Waals surface area contributed by atoms with E-state index in [1.54, 1.807) is 11.8 Å². The minimum absolute atomic E-state index is 0.0452. The Morgan fingerprint density at radius 2 is 1.69 bits per heavy atom. The van der Waals surface area contributed by atoms with Gasteiger partial charge < -0.3 is 14.8 Å². The first kappa shape index (κ1) is 19.0. The number of carbonyl (C=O) groups excluding carboxylic acids is 1. The fourth-order valence-corrected chi connectivity index (χ4v) is 5.23. The second-order valence-electron chi connectivity index (χ2n) is 7.58. The minimum Gasteiger partial charge on any atom is -0.454 e. The van der Waals surface area contributed by atoms with Crippen molar-refractivity contribution in [1.82, 2.24) is 9.78 Å². The van der Waals surface area contributed by atoms with Crippen molar-refractivity contribution in [1.29, 1.82) is 0 Å². The molecule has 32 heavy (non-hydrogen) atoms. The molecule has 158 valence electrons. The average molecular weight is 442 g/mol. The molecular weight excluding hydrogens is 422 g/mol. The summed E-state index contributed by atoms with van der Waals surface area (Å²) in [5.41, 5.74) is 4.77. The van der Waals surface area contributed by atoms with Crippen molar-refractivity contribution in [3.05, 3.63) is 90.0 Å². The zero-order valence-electron chi connectivity index (χ0n) is 17.0. The number of nitrogens with one attached hydrogen (secondary N) is 1. The number of hydrogen-bond donors (Lipinski definition) is 1. The lowest BCUT2D eigenvalue weighted by Gasteiger charge is -2.17. The van der Waals surface area contributed by atoms with Crippen molar-refractivity contribution >= 4 is 23.5 Å². The summed E-state index contributed by atoms with van der Waals surface area (Å²) < 4.78 is 13.0. The van der Waals surface area contributed by atoms with Crippen molar-refractivity contribution in [2.75, 3.05) is 17.9 Å². The Kier molecular flexibility index (Phi) is 4.61. The van der Waals surface area contributed by atoms with Crippen LogP contribution in [0.15, 0.2) is 78.9 Å². The molecule has 0 spiro atoms. The predicted octanol–water partition coefficient (Wildman–Crippen LogP) is 5.04. The molecule has 6 nitrogen and oxygen atoms in total. The number of para-hydroxylation sites is 1. The maximum absolute atomic E-state index is 12.7. The van der Waals surface area contributed by atoms with Gasteiger partial charge in [0.25, 0.3) is 0 Å². The Morgan fingerprint density at radius 1 is 0.938 bits per heavy atom. The topological polar surface area (TPSA) is 65.4 Å². The number of benzene rings is 3. The molecule has 2 aliphatic rings. The van der Waals surface area contributed by atoms with Crippen LogP contribution in [0.2, 0.25) is 0 Å². The average Bonchev–Trinajstić information content (AvgIpc) is 3.41. The third kappa shape index (κ3) is 3.22. The highest BCUT2D eigenvalue weighted by molar-refractivity contribution is 8.00. The molecule has 1 amide bonds. The molecule has 0 bridgehead atoms. The quantitative estimate of drug-likeness (QED) is 0.482. The van der Waals surface area contributed by atoms with Crippen molar-refractivity contribution < 1.29 is 14.3 Å². The number of aromatic nitrogens is 2. The molecule has 2 aliphatic heterocycles. The zero-order valence-corrected chi connectivity index (χ0v) is 17.8. The molecule has 3 heterocycles. The first-order valence-electron chi connectivity index (χ1n) is 10.3. The van der Waals surface area contributed by atoms with Gasteiger partial charge in [-0.25, -0.2) is 4.68 Å². The van der Waals surface area contributed by atoms with E-state index in [-0.39, 0.29) is 18.0 Å². The lowest BCUT2D eigenvalue weighted by molar-refractivity contribution is -0.113. The molecule has 0 aliphatic carbocycles. The summed E-state index contributed by atoms with van der Waals surface area (Å²) in [4.78, 5) is 12.7. The molecule has 0 saturated heterocycles. The standard InChI is InChI=1S/C25H19N3O3S/c29-21-14-32-24(17-11-12-19-20(13-17)31-15-30-19)22-23(16-7-3-1-4-8-16)27-28(25(22)26-21)18-9-5-2-6-10-18/h1-13,24H,14-15H2,(H,26,29). The fraction of sp³-hybridized carbons (Fsp3) is 0.120. The van der Waals surface area contributed by atoms with Crippen LogP contribution in [0.25, 0.3) is 16.9 Å². The van der Waals surface area contributed by atoms with E-state index in [2.05, 4.69) is 5.32 Å². The van der Waals surface area contributed by atoms with Crippen molar-refractivity contribution in [2.24, 2.45) is 0 Å². The maximum Gasteiger partial charge on any atom is 0.235 e. The Balaban J connectivity index is 1.60. The van der Waals surface area contributed by atoms with Gasteiger partial charge >= 0.3 is 0 Å². The number of nitrogens with zero attached hydrogens (tertiary/aromatic N) is 2. The first-order chi connectivity index (χ1) is 15.8. The number of amides is 1. The van der Waals surface area contributed by atoms with Crippen LogP contribution in [0.3, 0.4) is 0 Å². The molecule has 0 fully saturated rings. The van der Waals surface area contributed by atoms with E-state index in [1.165, 1.54) is 0 Å². The van der Waals surface area contributed by atoms with Crippen LogP contribution in [0.1, 0.15) is 16.4 Å².